The highest BCUT2D eigenvalue weighted by Crippen LogP contribution is 2.32. The Morgan fingerprint density at radius 3 is 1.42 bits per heavy atom. The van der Waals surface area contributed by atoms with Crippen LogP contribution in [0.4, 0.5) is 0 Å². The lowest BCUT2D eigenvalue weighted by Crippen LogP contribution is -2.53. The molecule has 0 aromatic heterocycles. The fraction of sp³-hybridized carbons (Fsp3) is 1.00. The molecule has 0 heterocycles. The van der Waals surface area contributed by atoms with Crippen LogP contribution in [0.3, 0.4) is 0 Å². The molecule has 12 heavy (non-hydrogen) atoms. The van der Waals surface area contributed by atoms with Gasteiger partial charge in [0, 0.05) is 0 Å². The van der Waals surface area contributed by atoms with Crippen LogP contribution < -0.4 is 0 Å². The van der Waals surface area contributed by atoms with Crippen molar-refractivity contribution in [3.05, 3.63) is 0 Å². The van der Waals surface area contributed by atoms with Gasteiger partial charge in [-0.3, -0.25) is 0 Å². The predicted octanol–water partition coefficient (Wildman–Crippen LogP) is -0.889. The summed E-state index contributed by atoms with van der Waals surface area (Å²) < 4.78 is 0. The van der Waals surface area contributed by atoms with Gasteiger partial charge in [-0.2, -0.15) is 0 Å². The SMILES string of the molecule is CCC(C)(O)C(CO)(CO)CO. The molecule has 0 saturated carbocycles. The summed E-state index contributed by atoms with van der Waals surface area (Å²) in [7, 11) is 0. The molecule has 0 fully saturated rings. The first-order valence-electron chi connectivity index (χ1n) is 4.04. The average Bonchev–Trinajstić information content (AvgIpc) is 2.08. The Morgan fingerprint density at radius 1 is 1.00 bits per heavy atom. The molecule has 0 spiro atoms. The molecular weight excluding hydrogens is 160 g/mol. The van der Waals surface area contributed by atoms with E-state index >= 15 is 0 Å². The quantitative estimate of drug-likeness (QED) is 0.440. The Kier molecular flexibility index (Phi) is 4.13. The Hall–Kier alpha value is -0.160. The molecule has 0 bridgehead atoms. The first kappa shape index (κ1) is 11.8. The van der Waals surface area contributed by atoms with E-state index in [4.69, 9.17) is 15.3 Å². The third kappa shape index (κ3) is 1.77. The predicted molar refractivity (Wildman–Crippen MR) is 44.6 cm³/mol. The van der Waals surface area contributed by atoms with Crippen molar-refractivity contribution in [3.63, 3.8) is 0 Å². The number of aliphatic hydroxyl groups is 4. The molecule has 0 radical (unpaired) electrons. The Labute approximate surface area is 72.5 Å². The molecule has 0 aromatic rings. The number of hydrogen-bond acceptors (Lipinski definition) is 4. The molecule has 4 N–H and O–H groups in total. The normalized spacial score (nSPS) is 17.5. The van der Waals surface area contributed by atoms with E-state index in [0.29, 0.717) is 6.42 Å². The van der Waals surface area contributed by atoms with Gasteiger partial charge in [0.1, 0.15) is 0 Å². The van der Waals surface area contributed by atoms with Crippen molar-refractivity contribution >= 4 is 0 Å². The zero-order chi connectivity index (χ0) is 9.83. The van der Waals surface area contributed by atoms with Gasteiger partial charge in [-0.25, -0.2) is 0 Å². The van der Waals surface area contributed by atoms with Crippen molar-refractivity contribution in [2.24, 2.45) is 5.41 Å². The summed E-state index contributed by atoms with van der Waals surface area (Å²) in [5, 5.41) is 36.6. The highest BCUT2D eigenvalue weighted by atomic mass is 16.3. The Bertz CT molecular complexity index is 121. The summed E-state index contributed by atoms with van der Waals surface area (Å²) in [6, 6.07) is 0. The maximum atomic E-state index is 9.75. The highest BCUT2D eigenvalue weighted by Gasteiger charge is 2.44. The van der Waals surface area contributed by atoms with Crippen LogP contribution in [0.15, 0.2) is 0 Å². The van der Waals surface area contributed by atoms with E-state index in [1.807, 2.05) is 0 Å². The fourth-order valence-corrected chi connectivity index (χ4v) is 1.04. The van der Waals surface area contributed by atoms with Gasteiger partial charge in [-0.1, -0.05) is 6.92 Å². The van der Waals surface area contributed by atoms with Crippen LogP contribution in [0.25, 0.3) is 0 Å². The van der Waals surface area contributed by atoms with E-state index in [0.717, 1.165) is 0 Å². The largest absolute Gasteiger partial charge is 0.395 e. The average molecular weight is 178 g/mol. The summed E-state index contributed by atoms with van der Waals surface area (Å²) in [6.45, 7) is 1.94. The van der Waals surface area contributed by atoms with Crippen molar-refractivity contribution in [3.8, 4) is 0 Å². The molecule has 0 amide bonds. The van der Waals surface area contributed by atoms with Gasteiger partial charge in [-0.05, 0) is 13.3 Å². The van der Waals surface area contributed by atoms with Crippen molar-refractivity contribution in [2.75, 3.05) is 19.8 Å². The van der Waals surface area contributed by atoms with Crippen molar-refractivity contribution < 1.29 is 20.4 Å². The lowest BCUT2D eigenvalue weighted by atomic mass is 9.73. The van der Waals surface area contributed by atoms with E-state index in [1.165, 1.54) is 6.92 Å². The number of rotatable bonds is 5. The zero-order valence-electron chi connectivity index (χ0n) is 7.62. The van der Waals surface area contributed by atoms with Crippen LogP contribution in [-0.2, 0) is 0 Å². The molecule has 0 aliphatic rings. The van der Waals surface area contributed by atoms with Gasteiger partial charge >= 0.3 is 0 Å². The molecule has 74 valence electrons. The molecule has 0 aromatic carbocycles. The van der Waals surface area contributed by atoms with Crippen LogP contribution in [0.1, 0.15) is 20.3 Å². The van der Waals surface area contributed by atoms with Gasteiger partial charge < -0.3 is 20.4 Å². The van der Waals surface area contributed by atoms with Crippen molar-refractivity contribution in [1.29, 1.82) is 0 Å². The standard InChI is InChI=1S/C8H18O4/c1-3-7(2,12)8(4-9,5-10)6-11/h9-12H,3-6H2,1-2H3. The van der Waals surface area contributed by atoms with Crippen molar-refractivity contribution in [2.45, 2.75) is 25.9 Å². The maximum absolute atomic E-state index is 9.75. The third-order valence-corrected chi connectivity index (χ3v) is 2.74. The van der Waals surface area contributed by atoms with Crippen LogP contribution in [-0.4, -0.2) is 45.8 Å². The summed E-state index contributed by atoms with van der Waals surface area (Å²) in [5.41, 5.74) is -2.45. The zero-order valence-corrected chi connectivity index (χ0v) is 7.62. The summed E-state index contributed by atoms with van der Waals surface area (Å²) >= 11 is 0. The summed E-state index contributed by atoms with van der Waals surface area (Å²) in [4.78, 5) is 0. The molecule has 1 atom stereocenters. The fourth-order valence-electron chi connectivity index (χ4n) is 1.04. The van der Waals surface area contributed by atoms with E-state index in [9.17, 15) is 5.11 Å². The second-order valence-corrected chi connectivity index (χ2v) is 3.38. The van der Waals surface area contributed by atoms with Gasteiger partial charge in [0.05, 0.1) is 30.8 Å². The molecule has 0 saturated heterocycles. The number of aliphatic hydroxyl groups excluding tert-OH is 3. The van der Waals surface area contributed by atoms with E-state index in [-0.39, 0.29) is 0 Å². The van der Waals surface area contributed by atoms with E-state index in [1.54, 1.807) is 6.92 Å². The van der Waals surface area contributed by atoms with Gasteiger partial charge in [0.25, 0.3) is 0 Å². The lowest BCUT2D eigenvalue weighted by Gasteiger charge is -2.41. The molecule has 4 nitrogen and oxygen atoms in total. The highest BCUT2D eigenvalue weighted by molar-refractivity contribution is 4.94. The monoisotopic (exact) mass is 178 g/mol. The van der Waals surface area contributed by atoms with Crippen LogP contribution >= 0.6 is 0 Å². The first-order valence-corrected chi connectivity index (χ1v) is 4.04. The minimum atomic E-state index is -1.24. The lowest BCUT2D eigenvalue weighted by molar-refractivity contribution is -0.144. The molecular formula is C8H18O4. The van der Waals surface area contributed by atoms with Crippen LogP contribution in [0.5, 0.6) is 0 Å². The molecule has 1 unspecified atom stereocenters. The molecule has 0 rings (SSSR count). The smallest absolute Gasteiger partial charge is 0.0739 e. The third-order valence-electron chi connectivity index (χ3n) is 2.74. The summed E-state index contributed by atoms with van der Waals surface area (Å²) in [6.07, 6.45) is 0.370. The maximum Gasteiger partial charge on any atom is 0.0739 e. The van der Waals surface area contributed by atoms with E-state index < -0.39 is 30.8 Å². The second kappa shape index (κ2) is 4.18. The Balaban J connectivity index is 4.69. The first-order chi connectivity index (χ1) is 5.49. The molecule has 0 aliphatic carbocycles. The van der Waals surface area contributed by atoms with E-state index in [2.05, 4.69) is 0 Å². The van der Waals surface area contributed by atoms with Crippen LogP contribution in [0.2, 0.25) is 0 Å². The van der Waals surface area contributed by atoms with Gasteiger partial charge in [-0.15, -0.1) is 0 Å². The second-order valence-electron chi connectivity index (χ2n) is 3.38. The minimum Gasteiger partial charge on any atom is -0.395 e. The number of hydrogen-bond donors (Lipinski definition) is 4. The van der Waals surface area contributed by atoms with Gasteiger partial charge in [0.2, 0.25) is 0 Å². The minimum absolute atomic E-state index is 0.370. The summed E-state index contributed by atoms with van der Waals surface area (Å²) in [5.74, 6) is 0. The van der Waals surface area contributed by atoms with Crippen LogP contribution in [0, 0.1) is 5.41 Å². The topological polar surface area (TPSA) is 80.9 Å². The Morgan fingerprint density at radius 2 is 1.33 bits per heavy atom. The van der Waals surface area contributed by atoms with Gasteiger partial charge in [0.15, 0.2) is 0 Å². The molecule has 4 heteroatoms. The van der Waals surface area contributed by atoms with Crippen molar-refractivity contribution in [1.82, 2.24) is 0 Å². The molecule has 0 aliphatic heterocycles.